The number of H-pyrrole nitrogens is 1. The monoisotopic (exact) mass is 329 g/mol. The van der Waals surface area contributed by atoms with E-state index in [1.165, 1.54) is 27.6 Å². The van der Waals surface area contributed by atoms with Crippen molar-refractivity contribution in [3.8, 4) is 0 Å². The molecule has 1 aromatic carbocycles. The molecule has 1 aliphatic rings. The molecule has 0 saturated heterocycles. The fourth-order valence-electron chi connectivity index (χ4n) is 3.38. The number of hydrogen-bond donors (Lipinski definition) is 1. The van der Waals surface area contributed by atoms with Crippen molar-refractivity contribution in [1.29, 1.82) is 0 Å². The highest BCUT2D eigenvalue weighted by Crippen LogP contribution is 2.20. The van der Waals surface area contributed by atoms with Crippen LogP contribution in [0.25, 0.3) is 17.1 Å². The fourth-order valence-corrected chi connectivity index (χ4v) is 3.38. The van der Waals surface area contributed by atoms with E-state index in [1.807, 2.05) is 12.3 Å². The molecule has 25 heavy (non-hydrogen) atoms. The van der Waals surface area contributed by atoms with Gasteiger partial charge in [-0.2, -0.15) is 0 Å². The van der Waals surface area contributed by atoms with Gasteiger partial charge < -0.3 is 4.98 Å². The Bertz CT molecular complexity index is 933. The van der Waals surface area contributed by atoms with E-state index < -0.39 is 0 Å². The molecule has 0 amide bonds. The summed E-state index contributed by atoms with van der Waals surface area (Å²) in [6.07, 6.45) is 11.9. The molecule has 1 N–H and O–H groups in total. The summed E-state index contributed by atoms with van der Waals surface area (Å²) in [5, 5.41) is 1.23. The lowest BCUT2D eigenvalue weighted by Crippen LogP contribution is -2.27. The predicted molar refractivity (Wildman–Crippen MR) is 104 cm³/mol. The molecule has 0 saturated carbocycles. The minimum absolute atomic E-state index is 0.969. The van der Waals surface area contributed by atoms with Gasteiger partial charge in [0.15, 0.2) is 0 Å². The predicted octanol–water partition coefficient (Wildman–Crippen LogP) is 4.72. The lowest BCUT2D eigenvalue weighted by molar-refractivity contribution is 0.288. The van der Waals surface area contributed by atoms with Gasteiger partial charge in [-0.05, 0) is 42.2 Å². The van der Waals surface area contributed by atoms with Gasteiger partial charge in [-0.25, -0.2) is 4.98 Å². The van der Waals surface area contributed by atoms with Crippen molar-refractivity contribution in [2.75, 3.05) is 13.1 Å². The minimum Gasteiger partial charge on any atom is -0.346 e. The second-order valence-corrected chi connectivity index (χ2v) is 6.73. The number of aromatic nitrogens is 2. The Labute approximate surface area is 148 Å². The van der Waals surface area contributed by atoms with Crippen LogP contribution in [0.5, 0.6) is 0 Å². The highest BCUT2D eigenvalue weighted by atomic mass is 15.1. The maximum Gasteiger partial charge on any atom is 0.137 e. The summed E-state index contributed by atoms with van der Waals surface area (Å²) >= 11 is 0. The molecule has 0 radical (unpaired) electrons. The summed E-state index contributed by atoms with van der Waals surface area (Å²) < 4.78 is 0. The summed E-state index contributed by atoms with van der Waals surface area (Å²) in [7, 11) is 0. The maximum absolute atomic E-state index is 4.37. The van der Waals surface area contributed by atoms with Gasteiger partial charge in [0, 0.05) is 37.4 Å². The lowest BCUT2D eigenvalue weighted by atomic mass is 10.0. The first-order valence-electron chi connectivity index (χ1n) is 8.85. The number of pyridine rings is 1. The fraction of sp³-hybridized carbons (Fsp3) is 0.227. The highest BCUT2D eigenvalue weighted by molar-refractivity contribution is 5.79. The third-order valence-corrected chi connectivity index (χ3v) is 4.79. The van der Waals surface area contributed by atoms with Gasteiger partial charge in [0.2, 0.25) is 0 Å². The van der Waals surface area contributed by atoms with E-state index in [1.54, 1.807) is 0 Å². The molecule has 0 spiro atoms. The largest absolute Gasteiger partial charge is 0.346 e. The molecule has 3 nitrogen and oxygen atoms in total. The molecule has 3 aromatic rings. The Morgan fingerprint density at radius 1 is 1.20 bits per heavy atom. The van der Waals surface area contributed by atoms with Gasteiger partial charge in [-0.15, -0.1) is 0 Å². The van der Waals surface area contributed by atoms with E-state index >= 15 is 0 Å². The van der Waals surface area contributed by atoms with Gasteiger partial charge in [0.25, 0.3) is 0 Å². The third-order valence-electron chi connectivity index (χ3n) is 4.79. The van der Waals surface area contributed by atoms with Crippen LogP contribution in [-0.2, 0) is 6.54 Å². The highest BCUT2D eigenvalue weighted by Gasteiger charge is 2.13. The standard InChI is InChI=1S/C22H23N3/c1-17-4-2-5-19(14-17)8-7-18-9-12-25(13-10-18)16-20-15-24-22-21(20)6-3-11-23-22/h2-9,11,14-15H,10,12-13,16H2,1H3,(H,23,24)/b8-7+. The van der Waals surface area contributed by atoms with Crippen LogP contribution < -0.4 is 0 Å². The van der Waals surface area contributed by atoms with Crippen molar-refractivity contribution in [2.24, 2.45) is 0 Å². The number of aryl methyl sites for hydroxylation is 1. The Morgan fingerprint density at radius 3 is 3.00 bits per heavy atom. The minimum atomic E-state index is 0.969. The average Bonchev–Trinajstić information content (AvgIpc) is 3.04. The second-order valence-electron chi connectivity index (χ2n) is 6.73. The second kappa shape index (κ2) is 7.08. The zero-order chi connectivity index (χ0) is 17.1. The molecule has 0 fully saturated rings. The van der Waals surface area contributed by atoms with Crippen LogP contribution in [0.15, 0.2) is 66.5 Å². The first kappa shape index (κ1) is 15.9. The Kier molecular flexibility index (Phi) is 4.49. The summed E-state index contributed by atoms with van der Waals surface area (Å²) in [5.74, 6) is 0. The zero-order valence-electron chi connectivity index (χ0n) is 14.6. The van der Waals surface area contributed by atoms with Crippen LogP contribution in [0.2, 0.25) is 0 Å². The topological polar surface area (TPSA) is 31.9 Å². The number of allylic oxidation sites excluding steroid dienone is 1. The van der Waals surface area contributed by atoms with Gasteiger partial charge in [-0.1, -0.05) is 48.1 Å². The zero-order valence-corrected chi connectivity index (χ0v) is 14.6. The Morgan fingerprint density at radius 2 is 2.16 bits per heavy atom. The Balaban J connectivity index is 1.40. The number of benzene rings is 1. The lowest BCUT2D eigenvalue weighted by Gasteiger charge is -2.25. The van der Waals surface area contributed by atoms with Crippen molar-refractivity contribution in [1.82, 2.24) is 14.9 Å². The van der Waals surface area contributed by atoms with Crippen LogP contribution in [-0.4, -0.2) is 28.0 Å². The van der Waals surface area contributed by atoms with Crippen molar-refractivity contribution in [2.45, 2.75) is 19.9 Å². The molecule has 0 atom stereocenters. The van der Waals surface area contributed by atoms with Gasteiger partial charge in [0.05, 0.1) is 0 Å². The summed E-state index contributed by atoms with van der Waals surface area (Å²) in [6, 6.07) is 12.8. The van der Waals surface area contributed by atoms with Crippen molar-refractivity contribution >= 4 is 17.1 Å². The van der Waals surface area contributed by atoms with E-state index in [4.69, 9.17) is 0 Å². The third kappa shape index (κ3) is 3.72. The van der Waals surface area contributed by atoms with Crippen molar-refractivity contribution in [3.05, 3.63) is 83.2 Å². The quantitative estimate of drug-likeness (QED) is 0.751. The molecule has 0 bridgehead atoms. The van der Waals surface area contributed by atoms with Gasteiger partial charge >= 0.3 is 0 Å². The van der Waals surface area contributed by atoms with Gasteiger partial charge in [-0.3, -0.25) is 4.90 Å². The summed E-state index contributed by atoms with van der Waals surface area (Å²) in [6.45, 7) is 5.20. The molecule has 0 unspecified atom stereocenters. The molecular formula is C22H23N3. The van der Waals surface area contributed by atoms with Gasteiger partial charge in [0.1, 0.15) is 5.65 Å². The maximum atomic E-state index is 4.37. The number of nitrogens with zero attached hydrogens (tertiary/aromatic N) is 2. The summed E-state index contributed by atoms with van der Waals surface area (Å²) in [4.78, 5) is 10.1. The van der Waals surface area contributed by atoms with Crippen molar-refractivity contribution < 1.29 is 0 Å². The van der Waals surface area contributed by atoms with Crippen molar-refractivity contribution in [3.63, 3.8) is 0 Å². The van der Waals surface area contributed by atoms with Crippen LogP contribution in [0.3, 0.4) is 0 Å². The molecule has 1 aliphatic heterocycles. The van der Waals surface area contributed by atoms with Crippen LogP contribution in [0, 0.1) is 6.92 Å². The molecule has 4 rings (SSSR count). The molecular weight excluding hydrogens is 306 g/mol. The summed E-state index contributed by atoms with van der Waals surface area (Å²) in [5.41, 5.74) is 6.31. The van der Waals surface area contributed by atoms with Crippen LogP contribution in [0.1, 0.15) is 23.1 Å². The van der Waals surface area contributed by atoms with E-state index in [0.29, 0.717) is 0 Å². The van der Waals surface area contributed by atoms with E-state index in [0.717, 1.165) is 31.7 Å². The number of aromatic amines is 1. The first-order valence-corrected chi connectivity index (χ1v) is 8.85. The SMILES string of the molecule is Cc1cccc(/C=C/C2=CCN(Cc3c[nH]c4ncccc34)CC2)c1. The molecule has 3 heteroatoms. The smallest absolute Gasteiger partial charge is 0.137 e. The molecule has 126 valence electrons. The normalized spacial score (nSPS) is 15.8. The number of hydrogen-bond acceptors (Lipinski definition) is 2. The number of nitrogens with one attached hydrogen (secondary N) is 1. The molecule has 3 heterocycles. The van der Waals surface area contributed by atoms with E-state index in [9.17, 15) is 0 Å². The van der Waals surface area contributed by atoms with E-state index in [-0.39, 0.29) is 0 Å². The molecule has 0 aliphatic carbocycles. The first-order chi connectivity index (χ1) is 12.3. The molecule has 2 aromatic heterocycles. The average molecular weight is 329 g/mol. The van der Waals surface area contributed by atoms with Crippen LogP contribution in [0.4, 0.5) is 0 Å². The Hall–Kier alpha value is -2.65. The van der Waals surface area contributed by atoms with Crippen LogP contribution >= 0.6 is 0 Å². The number of rotatable bonds is 4. The van der Waals surface area contributed by atoms with E-state index in [2.05, 4.69) is 76.5 Å². The number of fused-ring (bicyclic) bond motifs is 1.